The Kier molecular flexibility index (Phi) is 5.25. The van der Waals surface area contributed by atoms with Crippen molar-refractivity contribution in [2.75, 3.05) is 0 Å². The summed E-state index contributed by atoms with van der Waals surface area (Å²) in [6.45, 7) is 6.02. The second kappa shape index (κ2) is 5.63. The second-order valence-electron chi connectivity index (χ2n) is 3.48. The molecule has 0 N–H and O–H groups in total. The molecule has 0 atom stereocenters. The first-order valence-electron chi connectivity index (χ1n) is 5.29. The van der Waals surface area contributed by atoms with Crippen molar-refractivity contribution in [2.45, 2.75) is 40.0 Å². The third-order valence-corrected chi connectivity index (χ3v) is 2.16. The average Bonchev–Trinajstić information content (AvgIpc) is 2.21. The third-order valence-electron chi connectivity index (χ3n) is 2.16. The molecule has 1 aromatic carbocycles. The third kappa shape index (κ3) is 3.92. The Morgan fingerprint density at radius 1 is 0.722 bits per heavy atom. The smallest absolute Gasteiger partial charge is 0.166 e. The summed E-state index contributed by atoms with van der Waals surface area (Å²) in [4.78, 5) is 0. The molecule has 0 aliphatic heterocycles. The quantitative estimate of drug-likeness (QED) is 0.557. The fraction of sp³-hybridized carbons (Fsp3) is 0.500. The molecular weight excluding hydrogens is 258 g/mol. The molecule has 18 heavy (non-hydrogen) atoms. The molecule has 1 rings (SSSR count). The highest BCUT2D eigenvalue weighted by Gasteiger charge is 2.39. The topological polar surface area (TPSA) is 0 Å². The van der Waals surface area contributed by atoms with Crippen LogP contribution in [0.3, 0.4) is 0 Å². The Bertz CT molecular complexity index is 365. The van der Waals surface area contributed by atoms with Gasteiger partial charge in [-0.15, -0.1) is 0 Å². The maximum Gasteiger partial charge on any atom is 0.416 e. The van der Waals surface area contributed by atoms with Gasteiger partial charge in [0.15, 0.2) is 0 Å². The van der Waals surface area contributed by atoms with Crippen molar-refractivity contribution in [2.24, 2.45) is 0 Å². The van der Waals surface area contributed by atoms with Crippen molar-refractivity contribution in [1.82, 2.24) is 0 Å². The SMILES string of the molecule is CC.Cc1cc(C(F)(F)F)c(C)c(C(F)(F)F)c1. The summed E-state index contributed by atoms with van der Waals surface area (Å²) in [7, 11) is 0. The maximum atomic E-state index is 12.4. The Morgan fingerprint density at radius 3 is 1.22 bits per heavy atom. The van der Waals surface area contributed by atoms with Crippen LogP contribution in [0.25, 0.3) is 0 Å². The molecule has 0 fully saturated rings. The van der Waals surface area contributed by atoms with E-state index in [2.05, 4.69) is 0 Å². The van der Waals surface area contributed by atoms with Crippen LogP contribution in [0.2, 0.25) is 0 Å². The van der Waals surface area contributed by atoms with Crippen LogP contribution in [0.5, 0.6) is 0 Å². The Hall–Kier alpha value is -1.20. The van der Waals surface area contributed by atoms with Gasteiger partial charge in [0.25, 0.3) is 0 Å². The molecule has 0 nitrogen and oxygen atoms in total. The van der Waals surface area contributed by atoms with Gasteiger partial charge in [0, 0.05) is 0 Å². The predicted molar refractivity (Wildman–Crippen MR) is 57.3 cm³/mol. The summed E-state index contributed by atoms with van der Waals surface area (Å²) in [5.41, 5.74) is -3.32. The van der Waals surface area contributed by atoms with Crippen molar-refractivity contribution in [3.8, 4) is 0 Å². The molecule has 0 aromatic heterocycles. The van der Waals surface area contributed by atoms with E-state index in [1.54, 1.807) is 0 Å². The Balaban J connectivity index is 0.00000137. The van der Waals surface area contributed by atoms with Gasteiger partial charge >= 0.3 is 12.4 Å². The summed E-state index contributed by atoms with van der Waals surface area (Å²) in [6.07, 6.45) is -9.54. The summed E-state index contributed by atoms with van der Waals surface area (Å²) < 4.78 is 74.6. The van der Waals surface area contributed by atoms with E-state index in [0.29, 0.717) is 12.1 Å². The molecule has 104 valence electrons. The minimum Gasteiger partial charge on any atom is -0.166 e. The van der Waals surface area contributed by atoms with Crippen LogP contribution >= 0.6 is 0 Å². The number of hydrogen-bond donors (Lipinski definition) is 0. The summed E-state index contributed by atoms with van der Waals surface area (Å²) in [6, 6.07) is 1.43. The van der Waals surface area contributed by atoms with E-state index in [1.165, 1.54) is 6.92 Å². The van der Waals surface area contributed by atoms with Gasteiger partial charge in [-0.25, -0.2) is 0 Å². The molecular formula is C12H14F6. The monoisotopic (exact) mass is 272 g/mol. The molecule has 0 spiro atoms. The van der Waals surface area contributed by atoms with Gasteiger partial charge in [0.1, 0.15) is 0 Å². The van der Waals surface area contributed by atoms with Crippen molar-refractivity contribution in [3.05, 3.63) is 34.4 Å². The number of hydrogen-bond acceptors (Lipinski definition) is 0. The standard InChI is InChI=1S/C10H8F6.C2H6/c1-5-3-7(9(11,12)13)6(2)8(4-5)10(14,15)16;1-2/h3-4H,1-2H3;1-2H3. The molecule has 0 aliphatic carbocycles. The van der Waals surface area contributed by atoms with E-state index in [9.17, 15) is 26.3 Å². The molecule has 1 aromatic rings. The molecule has 6 heteroatoms. The molecule has 0 unspecified atom stereocenters. The first-order chi connectivity index (χ1) is 8.03. The van der Waals surface area contributed by atoms with Crippen LogP contribution in [-0.2, 0) is 12.4 Å². The van der Waals surface area contributed by atoms with E-state index >= 15 is 0 Å². The van der Waals surface area contributed by atoms with Gasteiger partial charge in [0.2, 0.25) is 0 Å². The van der Waals surface area contributed by atoms with E-state index < -0.39 is 29.0 Å². The lowest BCUT2D eigenvalue weighted by atomic mass is 9.98. The Morgan fingerprint density at radius 2 is 1.00 bits per heavy atom. The first kappa shape index (κ1) is 16.8. The van der Waals surface area contributed by atoms with E-state index in [0.717, 1.165) is 6.92 Å². The average molecular weight is 272 g/mol. The van der Waals surface area contributed by atoms with Gasteiger partial charge < -0.3 is 0 Å². The predicted octanol–water partition coefficient (Wildman–Crippen LogP) is 5.37. The molecule has 0 heterocycles. The molecule has 0 bridgehead atoms. The summed E-state index contributed by atoms with van der Waals surface area (Å²) >= 11 is 0. The lowest BCUT2D eigenvalue weighted by Crippen LogP contribution is -2.15. The van der Waals surface area contributed by atoms with Crippen LogP contribution in [-0.4, -0.2) is 0 Å². The molecule has 0 aliphatic rings. The zero-order valence-electron chi connectivity index (χ0n) is 10.4. The highest BCUT2D eigenvalue weighted by Crippen LogP contribution is 2.39. The van der Waals surface area contributed by atoms with Crippen molar-refractivity contribution >= 4 is 0 Å². The molecule has 0 saturated carbocycles. The van der Waals surface area contributed by atoms with Crippen LogP contribution < -0.4 is 0 Å². The molecule has 0 radical (unpaired) electrons. The summed E-state index contributed by atoms with van der Waals surface area (Å²) in [5, 5.41) is 0. The fourth-order valence-corrected chi connectivity index (χ4v) is 1.45. The minimum absolute atomic E-state index is 0.0646. The van der Waals surface area contributed by atoms with Gasteiger partial charge in [-0.1, -0.05) is 13.8 Å². The van der Waals surface area contributed by atoms with Gasteiger partial charge in [0.05, 0.1) is 11.1 Å². The lowest BCUT2D eigenvalue weighted by molar-refractivity contribution is -0.144. The highest BCUT2D eigenvalue weighted by molar-refractivity contribution is 5.41. The molecule has 0 amide bonds. The largest absolute Gasteiger partial charge is 0.416 e. The van der Waals surface area contributed by atoms with Crippen LogP contribution in [0.15, 0.2) is 12.1 Å². The van der Waals surface area contributed by atoms with Crippen molar-refractivity contribution in [3.63, 3.8) is 0 Å². The van der Waals surface area contributed by atoms with Gasteiger partial charge in [-0.2, -0.15) is 26.3 Å². The Labute approximate surface area is 102 Å². The number of alkyl halides is 6. The van der Waals surface area contributed by atoms with Crippen LogP contribution in [0.4, 0.5) is 26.3 Å². The number of benzene rings is 1. The fourth-order valence-electron chi connectivity index (χ4n) is 1.45. The van der Waals surface area contributed by atoms with Gasteiger partial charge in [-0.05, 0) is 37.1 Å². The van der Waals surface area contributed by atoms with E-state index in [-0.39, 0.29) is 5.56 Å². The highest BCUT2D eigenvalue weighted by atomic mass is 19.4. The van der Waals surface area contributed by atoms with Crippen molar-refractivity contribution in [1.29, 1.82) is 0 Å². The van der Waals surface area contributed by atoms with Crippen molar-refractivity contribution < 1.29 is 26.3 Å². The number of rotatable bonds is 0. The minimum atomic E-state index is -4.77. The van der Waals surface area contributed by atoms with Crippen LogP contribution in [0.1, 0.15) is 36.1 Å². The second-order valence-corrected chi connectivity index (χ2v) is 3.48. The number of halogens is 6. The first-order valence-corrected chi connectivity index (χ1v) is 5.29. The zero-order valence-corrected chi connectivity index (χ0v) is 10.4. The maximum absolute atomic E-state index is 12.4. The van der Waals surface area contributed by atoms with Gasteiger partial charge in [-0.3, -0.25) is 0 Å². The number of aryl methyl sites for hydroxylation is 1. The van der Waals surface area contributed by atoms with Crippen LogP contribution in [0, 0.1) is 13.8 Å². The normalized spacial score (nSPS) is 11.9. The molecule has 0 saturated heterocycles. The van der Waals surface area contributed by atoms with E-state index in [4.69, 9.17) is 0 Å². The van der Waals surface area contributed by atoms with E-state index in [1.807, 2.05) is 13.8 Å². The lowest BCUT2D eigenvalue weighted by Gasteiger charge is -2.17. The summed E-state index contributed by atoms with van der Waals surface area (Å²) in [5.74, 6) is 0. The zero-order chi connectivity index (χ0) is 14.7.